The zero-order chi connectivity index (χ0) is 16.6. The number of alkyl halides is 1. The molecule has 2 heterocycles. The van der Waals surface area contributed by atoms with Crippen molar-refractivity contribution in [3.05, 3.63) is 16.8 Å². The Morgan fingerprint density at radius 3 is 3.00 bits per heavy atom. The summed E-state index contributed by atoms with van der Waals surface area (Å²) >= 11 is 6.39. The molecule has 7 heteroatoms. The third-order valence-corrected chi connectivity index (χ3v) is 5.06. The van der Waals surface area contributed by atoms with Crippen LogP contribution in [-0.4, -0.2) is 70.0 Å². The Kier molecular flexibility index (Phi) is 4.38. The smallest absolute Gasteiger partial charge is 0.233 e. The topological polar surface area (TPSA) is 64.3 Å². The molecular formula is C16H24ClN5O. The molecule has 1 amide bonds. The first kappa shape index (κ1) is 16.3. The number of H-pyrrole nitrogens is 1. The van der Waals surface area contributed by atoms with Gasteiger partial charge in [0.2, 0.25) is 5.91 Å². The number of hydrogen-bond donors (Lipinski definition) is 2. The number of likely N-dealkylation sites (N-methyl/N-ethyl adjacent to an activating group) is 1. The van der Waals surface area contributed by atoms with E-state index in [0.717, 1.165) is 36.6 Å². The van der Waals surface area contributed by atoms with Gasteiger partial charge in [0.05, 0.1) is 23.5 Å². The second-order valence-corrected chi connectivity index (χ2v) is 7.42. The number of carbonyl (C=O) groups is 1. The molecule has 2 aliphatic rings. The number of piperazine rings is 1. The molecule has 1 aromatic heterocycles. The fraction of sp³-hybridized carbons (Fsp3) is 0.625. The number of nitrogens with zero attached hydrogens (tertiary/aromatic N) is 3. The Balaban J connectivity index is 1.84. The van der Waals surface area contributed by atoms with Crippen LogP contribution in [0.5, 0.6) is 0 Å². The molecule has 0 radical (unpaired) electrons. The number of fused-ring (bicyclic) bond motifs is 1. The number of halogens is 1. The quantitative estimate of drug-likeness (QED) is 0.727. The van der Waals surface area contributed by atoms with Crippen molar-refractivity contribution in [1.29, 1.82) is 0 Å². The number of aromatic amines is 1. The molecule has 0 saturated carbocycles. The molecule has 1 saturated heterocycles. The minimum Gasteiger partial charge on any atom is -0.371 e. The van der Waals surface area contributed by atoms with Crippen LogP contribution in [0.2, 0.25) is 0 Å². The van der Waals surface area contributed by atoms with Gasteiger partial charge in [-0.15, -0.1) is 11.6 Å². The number of carbonyl (C=O) groups excluding carboxylic acids is 1. The predicted molar refractivity (Wildman–Crippen MR) is 91.3 cm³/mol. The Hall–Kier alpha value is -1.53. The second-order valence-electron chi connectivity index (χ2n) is 6.86. The Bertz CT molecular complexity index is 710. The van der Waals surface area contributed by atoms with Crippen molar-refractivity contribution in [2.75, 3.05) is 33.2 Å². The molecule has 0 bridgehead atoms. The second kappa shape index (κ2) is 6.17. The molecule has 1 fully saturated rings. The van der Waals surface area contributed by atoms with Crippen molar-refractivity contribution >= 4 is 29.3 Å². The van der Waals surface area contributed by atoms with Crippen LogP contribution in [0.3, 0.4) is 0 Å². The molecule has 1 aliphatic heterocycles. The summed E-state index contributed by atoms with van der Waals surface area (Å²) in [6.07, 6.45) is 4.73. The number of hydrogen-bond acceptors (Lipinski definition) is 4. The summed E-state index contributed by atoms with van der Waals surface area (Å²) in [4.78, 5) is 16.4. The fourth-order valence-electron chi connectivity index (χ4n) is 3.45. The van der Waals surface area contributed by atoms with Gasteiger partial charge in [-0.25, -0.2) is 0 Å². The van der Waals surface area contributed by atoms with E-state index >= 15 is 0 Å². The van der Waals surface area contributed by atoms with E-state index in [1.165, 1.54) is 5.70 Å². The fourth-order valence-corrected chi connectivity index (χ4v) is 3.73. The zero-order valence-electron chi connectivity index (χ0n) is 13.9. The van der Waals surface area contributed by atoms with Crippen LogP contribution in [0.4, 0.5) is 0 Å². The Morgan fingerprint density at radius 2 is 2.30 bits per heavy atom. The molecule has 0 aromatic carbocycles. The highest BCUT2D eigenvalue weighted by Crippen LogP contribution is 2.26. The highest BCUT2D eigenvalue weighted by Gasteiger charge is 2.36. The van der Waals surface area contributed by atoms with Gasteiger partial charge in [-0.3, -0.25) is 14.8 Å². The lowest BCUT2D eigenvalue weighted by Gasteiger charge is -2.48. The van der Waals surface area contributed by atoms with Crippen molar-refractivity contribution in [3.8, 4) is 0 Å². The van der Waals surface area contributed by atoms with Gasteiger partial charge in [-0.1, -0.05) is 0 Å². The molecule has 1 unspecified atom stereocenters. The van der Waals surface area contributed by atoms with Crippen LogP contribution >= 0.6 is 11.6 Å². The third-order valence-electron chi connectivity index (χ3n) is 4.78. The number of aromatic nitrogens is 2. The number of nitrogens with one attached hydrogen (secondary N) is 2. The highest BCUT2D eigenvalue weighted by atomic mass is 35.5. The SMILES string of the molecule is CNC(=O)CN1CCN(C2=c3cn[nH]c3=CC(Cl)C2)CC1(C)C. The van der Waals surface area contributed by atoms with Gasteiger partial charge in [0, 0.05) is 49.6 Å². The molecule has 126 valence electrons. The van der Waals surface area contributed by atoms with Crippen molar-refractivity contribution in [2.45, 2.75) is 31.2 Å². The predicted octanol–water partition coefficient (Wildman–Crippen LogP) is -0.548. The van der Waals surface area contributed by atoms with Gasteiger partial charge in [-0.2, -0.15) is 5.10 Å². The standard InChI is InChI=1S/C16H24ClN5O/c1-16(2)10-21(4-5-22(16)9-15(23)18-3)14-7-11(17)6-13-12(14)8-19-20-13/h6,8,11,20H,4-5,7,9-10H2,1-3H3,(H,18,23). The van der Waals surface area contributed by atoms with Gasteiger partial charge in [0.1, 0.15) is 0 Å². The average molecular weight is 338 g/mol. The first-order chi connectivity index (χ1) is 10.9. The molecule has 0 spiro atoms. The van der Waals surface area contributed by atoms with Gasteiger partial charge in [0.25, 0.3) is 0 Å². The third kappa shape index (κ3) is 3.23. The number of amides is 1. The largest absolute Gasteiger partial charge is 0.371 e. The van der Waals surface area contributed by atoms with Crippen molar-refractivity contribution in [3.63, 3.8) is 0 Å². The molecule has 1 aromatic rings. The van der Waals surface area contributed by atoms with E-state index in [1.54, 1.807) is 7.05 Å². The maximum Gasteiger partial charge on any atom is 0.233 e. The molecule has 2 N–H and O–H groups in total. The molecule has 23 heavy (non-hydrogen) atoms. The van der Waals surface area contributed by atoms with E-state index in [-0.39, 0.29) is 16.8 Å². The molecule has 6 nitrogen and oxygen atoms in total. The Morgan fingerprint density at radius 1 is 1.52 bits per heavy atom. The van der Waals surface area contributed by atoms with E-state index in [9.17, 15) is 4.79 Å². The summed E-state index contributed by atoms with van der Waals surface area (Å²) in [5, 5.41) is 12.0. The van der Waals surface area contributed by atoms with Crippen LogP contribution in [0.1, 0.15) is 20.3 Å². The van der Waals surface area contributed by atoms with Crippen molar-refractivity contribution < 1.29 is 4.79 Å². The van der Waals surface area contributed by atoms with Gasteiger partial charge >= 0.3 is 0 Å². The molecule has 3 rings (SSSR count). The van der Waals surface area contributed by atoms with Crippen LogP contribution in [0.25, 0.3) is 11.8 Å². The monoisotopic (exact) mass is 337 g/mol. The van der Waals surface area contributed by atoms with Crippen LogP contribution < -0.4 is 15.9 Å². The first-order valence-corrected chi connectivity index (χ1v) is 8.43. The lowest BCUT2D eigenvalue weighted by Crippen LogP contribution is -2.61. The zero-order valence-corrected chi connectivity index (χ0v) is 14.7. The lowest BCUT2D eigenvalue weighted by molar-refractivity contribution is -0.124. The van der Waals surface area contributed by atoms with E-state index in [2.05, 4.69) is 39.2 Å². The van der Waals surface area contributed by atoms with Crippen LogP contribution in [0.15, 0.2) is 6.20 Å². The molecule has 1 atom stereocenters. The summed E-state index contributed by atoms with van der Waals surface area (Å²) in [6.45, 7) is 7.43. The average Bonchev–Trinajstić information content (AvgIpc) is 2.96. The minimum atomic E-state index is -0.0787. The van der Waals surface area contributed by atoms with E-state index < -0.39 is 0 Å². The molecule has 1 aliphatic carbocycles. The number of rotatable bonds is 3. The van der Waals surface area contributed by atoms with Crippen molar-refractivity contribution in [2.24, 2.45) is 0 Å². The summed E-state index contributed by atoms with van der Waals surface area (Å²) in [6, 6.07) is 0. The summed E-state index contributed by atoms with van der Waals surface area (Å²) in [5.74, 6) is 0.0596. The summed E-state index contributed by atoms with van der Waals surface area (Å²) in [7, 11) is 1.68. The van der Waals surface area contributed by atoms with Crippen molar-refractivity contribution in [1.82, 2.24) is 25.3 Å². The summed E-state index contributed by atoms with van der Waals surface area (Å²) in [5.41, 5.74) is 1.17. The van der Waals surface area contributed by atoms with E-state index in [1.807, 2.05) is 12.3 Å². The van der Waals surface area contributed by atoms with Crippen LogP contribution in [0, 0.1) is 0 Å². The summed E-state index contributed by atoms with van der Waals surface area (Å²) < 4.78 is 0. The maximum absolute atomic E-state index is 11.7. The lowest BCUT2D eigenvalue weighted by atomic mass is 9.96. The van der Waals surface area contributed by atoms with E-state index in [0.29, 0.717) is 6.54 Å². The highest BCUT2D eigenvalue weighted by molar-refractivity contribution is 6.24. The van der Waals surface area contributed by atoms with Gasteiger partial charge < -0.3 is 10.2 Å². The normalized spacial score (nSPS) is 24.1. The first-order valence-electron chi connectivity index (χ1n) is 8.00. The minimum absolute atomic E-state index is 0.00930. The molecular weight excluding hydrogens is 314 g/mol. The van der Waals surface area contributed by atoms with Gasteiger partial charge in [0.15, 0.2) is 0 Å². The van der Waals surface area contributed by atoms with Gasteiger partial charge in [-0.05, 0) is 19.9 Å². The van der Waals surface area contributed by atoms with E-state index in [4.69, 9.17) is 11.6 Å². The Labute approximate surface area is 141 Å². The maximum atomic E-state index is 11.7. The van der Waals surface area contributed by atoms with Crippen LogP contribution in [-0.2, 0) is 4.79 Å².